The van der Waals surface area contributed by atoms with Gasteiger partial charge in [-0.15, -0.1) is 0 Å². The summed E-state index contributed by atoms with van der Waals surface area (Å²) in [5.74, 6) is -0.468. The maximum absolute atomic E-state index is 11.8. The van der Waals surface area contributed by atoms with Gasteiger partial charge in [0.05, 0.1) is 18.6 Å². The minimum Gasteiger partial charge on any atom is -0.497 e. The minimum absolute atomic E-state index is 0.259. The number of sulfone groups is 1. The van der Waals surface area contributed by atoms with Crippen molar-refractivity contribution in [1.29, 1.82) is 0 Å². The Balaban J connectivity index is 2.12. The molecule has 0 aliphatic carbocycles. The molecule has 1 heterocycles. The first-order valence-corrected chi connectivity index (χ1v) is 8.25. The van der Waals surface area contributed by atoms with Crippen molar-refractivity contribution in [2.45, 2.75) is 5.75 Å². The molecule has 0 aliphatic heterocycles. The summed E-state index contributed by atoms with van der Waals surface area (Å²) in [6, 6.07) is 7.02. The second kappa shape index (κ2) is 6.61. The monoisotopic (exact) mass is 324 g/mol. The summed E-state index contributed by atoms with van der Waals surface area (Å²) in [5, 5.41) is 2.27. The van der Waals surface area contributed by atoms with Crippen LogP contribution in [0.2, 0.25) is 0 Å². The third kappa shape index (κ3) is 4.08. The van der Waals surface area contributed by atoms with Gasteiger partial charge in [0.1, 0.15) is 17.8 Å². The number of carbonyl (C=O) groups is 1. The molecule has 1 amide bonds. The van der Waals surface area contributed by atoms with Gasteiger partial charge in [0, 0.05) is 12.6 Å². The Morgan fingerprint density at radius 2 is 2.00 bits per heavy atom. The molecule has 1 N–H and O–H groups in total. The normalized spacial score (nSPS) is 11.2. The van der Waals surface area contributed by atoms with Crippen LogP contribution >= 0.6 is 0 Å². The number of hydrogen-bond acceptors (Lipinski definition) is 6. The minimum atomic E-state index is -3.58. The molecular formula is C14H16N2O5S. The standard InChI is InChI=1S/C14H16N2O5S/c1-15-13(17)9-22(18,19)8-11-7-21-14(16-11)10-3-5-12(20-2)6-4-10/h3-7H,8-9H2,1-2H3,(H,15,17). The third-order valence-corrected chi connectivity index (χ3v) is 4.32. The van der Waals surface area contributed by atoms with Crippen molar-refractivity contribution < 1.29 is 22.4 Å². The number of methoxy groups -OCH3 is 1. The zero-order valence-electron chi connectivity index (χ0n) is 12.2. The van der Waals surface area contributed by atoms with E-state index < -0.39 is 21.5 Å². The van der Waals surface area contributed by atoms with Gasteiger partial charge in [-0.25, -0.2) is 13.4 Å². The molecule has 0 atom stereocenters. The van der Waals surface area contributed by atoms with Crippen LogP contribution in [0.1, 0.15) is 5.69 Å². The van der Waals surface area contributed by atoms with Gasteiger partial charge in [-0.1, -0.05) is 0 Å². The SMILES string of the molecule is CNC(=O)CS(=O)(=O)Cc1coc(-c2ccc(OC)cc2)n1. The molecule has 1 aromatic carbocycles. The summed E-state index contributed by atoms with van der Waals surface area (Å²) in [5.41, 5.74) is 0.963. The summed E-state index contributed by atoms with van der Waals surface area (Å²) in [6.45, 7) is 0. The molecule has 0 fully saturated rings. The predicted octanol–water partition coefficient (Wildman–Crippen LogP) is 1.01. The van der Waals surface area contributed by atoms with E-state index >= 15 is 0 Å². The molecule has 22 heavy (non-hydrogen) atoms. The van der Waals surface area contributed by atoms with Gasteiger partial charge < -0.3 is 14.5 Å². The van der Waals surface area contributed by atoms with Crippen molar-refractivity contribution in [2.75, 3.05) is 19.9 Å². The van der Waals surface area contributed by atoms with Crippen molar-refractivity contribution in [3.8, 4) is 17.2 Å². The second-order valence-electron chi connectivity index (χ2n) is 4.58. The molecule has 8 heteroatoms. The fourth-order valence-corrected chi connectivity index (χ4v) is 3.02. The number of rotatable bonds is 6. The highest BCUT2D eigenvalue weighted by Crippen LogP contribution is 2.22. The number of ether oxygens (including phenoxy) is 1. The Labute approximate surface area is 128 Å². The highest BCUT2D eigenvalue weighted by molar-refractivity contribution is 7.91. The summed E-state index contributed by atoms with van der Waals surface area (Å²) in [7, 11) is -0.630. The fourth-order valence-electron chi connectivity index (χ4n) is 1.79. The topological polar surface area (TPSA) is 98.5 Å². The highest BCUT2D eigenvalue weighted by atomic mass is 32.2. The quantitative estimate of drug-likeness (QED) is 0.851. The Hall–Kier alpha value is -2.35. The maximum Gasteiger partial charge on any atom is 0.234 e. The van der Waals surface area contributed by atoms with Crippen LogP contribution in [0.5, 0.6) is 5.75 Å². The third-order valence-electron chi connectivity index (χ3n) is 2.89. The molecule has 2 aromatic rings. The van der Waals surface area contributed by atoms with E-state index in [0.717, 1.165) is 0 Å². The van der Waals surface area contributed by atoms with Crippen molar-refractivity contribution in [3.63, 3.8) is 0 Å². The number of hydrogen-bond donors (Lipinski definition) is 1. The predicted molar refractivity (Wildman–Crippen MR) is 80.0 cm³/mol. The van der Waals surface area contributed by atoms with Gasteiger partial charge in [-0.2, -0.15) is 0 Å². The molecule has 0 radical (unpaired) electrons. The second-order valence-corrected chi connectivity index (χ2v) is 6.64. The molecule has 0 unspecified atom stereocenters. The van der Waals surface area contributed by atoms with Gasteiger partial charge in [0.25, 0.3) is 0 Å². The molecule has 0 saturated heterocycles. The lowest BCUT2D eigenvalue weighted by Gasteiger charge is -2.01. The van der Waals surface area contributed by atoms with Crippen LogP contribution in [0, 0.1) is 0 Å². The Morgan fingerprint density at radius 1 is 1.32 bits per heavy atom. The van der Waals surface area contributed by atoms with Crippen LogP contribution < -0.4 is 10.1 Å². The van der Waals surface area contributed by atoms with E-state index in [1.807, 2.05) is 0 Å². The van der Waals surface area contributed by atoms with Crippen molar-refractivity contribution in [3.05, 3.63) is 36.2 Å². The lowest BCUT2D eigenvalue weighted by Crippen LogP contribution is -2.27. The molecule has 7 nitrogen and oxygen atoms in total. The number of nitrogens with one attached hydrogen (secondary N) is 1. The average molecular weight is 324 g/mol. The molecule has 1 aromatic heterocycles. The van der Waals surface area contributed by atoms with Gasteiger partial charge >= 0.3 is 0 Å². The molecule has 0 spiro atoms. The van der Waals surface area contributed by atoms with Crippen molar-refractivity contribution in [1.82, 2.24) is 10.3 Å². The van der Waals surface area contributed by atoms with Crippen LogP contribution in [0.3, 0.4) is 0 Å². The van der Waals surface area contributed by atoms with E-state index in [-0.39, 0.29) is 11.4 Å². The summed E-state index contributed by atoms with van der Waals surface area (Å²) in [4.78, 5) is 15.3. The zero-order valence-corrected chi connectivity index (χ0v) is 13.0. The molecule has 118 valence electrons. The smallest absolute Gasteiger partial charge is 0.234 e. The van der Waals surface area contributed by atoms with Crippen LogP contribution in [-0.2, 0) is 20.4 Å². The number of carbonyl (C=O) groups excluding carboxylic acids is 1. The van der Waals surface area contributed by atoms with Crippen molar-refractivity contribution in [2.24, 2.45) is 0 Å². The van der Waals surface area contributed by atoms with Gasteiger partial charge in [-0.05, 0) is 24.3 Å². The highest BCUT2D eigenvalue weighted by Gasteiger charge is 2.19. The molecule has 0 aliphatic rings. The first-order valence-electron chi connectivity index (χ1n) is 6.43. The van der Waals surface area contributed by atoms with Gasteiger partial charge in [0.15, 0.2) is 9.84 Å². The largest absolute Gasteiger partial charge is 0.497 e. The van der Waals surface area contributed by atoms with Gasteiger partial charge in [0.2, 0.25) is 11.8 Å². The van der Waals surface area contributed by atoms with E-state index in [4.69, 9.17) is 9.15 Å². The molecule has 0 saturated carbocycles. The zero-order chi connectivity index (χ0) is 16.2. The van der Waals surface area contributed by atoms with Crippen LogP contribution in [0.4, 0.5) is 0 Å². The molecule has 2 rings (SSSR count). The molecular weight excluding hydrogens is 308 g/mol. The first kappa shape index (κ1) is 16.0. The number of nitrogens with zero attached hydrogens (tertiary/aromatic N) is 1. The number of aromatic nitrogens is 1. The first-order chi connectivity index (χ1) is 10.4. The lowest BCUT2D eigenvalue weighted by atomic mass is 10.2. The van der Waals surface area contributed by atoms with E-state index in [1.54, 1.807) is 31.4 Å². The van der Waals surface area contributed by atoms with E-state index in [2.05, 4.69) is 10.3 Å². The number of amides is 1. The Morgan fingerprint density at radius 3 is 2.59 bits per heavy atom. The number of benzene rings is 1. The summed E-state index contributed by atoms with van der Waals surface area (Å²) < 4.78 is 34.0. The van der Waals surface area contributed by atoms with Gasteiger partial charge in [-0.3, -0.25) is 4.79 Å². The van der Waals surface area contributed by atoms with Crippen LogP contribution in [0.15, 0.2) is 34.9 Å². The van der Waals surface area contributed by atoms with E-state index in [1.165, 1.54) is 13.3 Å². The summed E-state index contributed by atoms with van der Waals surface area (Å²) in [6.07, 6.45) is 1.28. The fraction of sp³-hybridized carbons (Fsp3) is 0.286. The summed E-state index contributed by atoms with van der Waals surface area (Å²) >= 11 is 0. The Bertz CT molecular complexity index is 750. The van der Waals surface area contributed by atoms with Crippen molar-refractivity contribution >= 4 is 15.7 Å². The van der Waals surface area contributed by atoms with E-state index in [9.17, 15) is 13.2 Å². The lowest BCUT2D eigenvalue weighted by molar-refractivity contribution is -0.118. The molecule has 0 bridgehead atoms. The van der Waals surface area contributed by atoms with Crippen LogP contribution in [-0.4, -0.2) is 39.2 Å². The van der Waals surface area contributed by atoms with Crippen LogP contribution in [0.25, 0.3) is 11.5 Å². The number of oxazole rings is 1. The Kier molecular flexibility index (Phi) is 4.81. The average Bonchev–Trinajstić information content (AvgIpc) is 2.94. The van der Waals surface area contributed by atoms with E-state index in [0.29, 0.717) is 17.2 Å². The maximum atomic E-state index is 11.8.